The Hall–Kier alpha value is -1.95. The Labute approximate surface area is 125 Å². The molecule has 1 aromatic carbocycles. The molecule has 0 spiro atoms. The summed E-state index contributed by atoms with van der Waals surface area (Å²) in [4.78, 5) is 18.6. The van der Waals surface area contributed by atoms with Gasteiger partial charge in [0.05, 0.1) is 5.69 Å². The van der Waals surface area contributed by atoms with E-state index in [0.29, 0.717) is 22.9 Å². The number of hydrogen-bond acceptors (Lipinski definition) is 4. The molecule has 4 nitrogen and oxygen atoms in total. The van der Waals surface area contributed by atoms with E-state index in [1.165, 1.54) is 23.5 Å². The molecule has 21 heavy (non-hydrogen) atoms. The van der Waals surface area contributed by atoms with E-state index < -0.39 is 11.9 Å². The SMILES string of the molecule is CN(c1cccc(F)c1)c1nc2c(s1)CCCC2C(=O)O. The highest BCUT2D eigenvalue weighted by Crippen LogP contribution is 2.39. The minimum absolute atomic E-state index is 0.302. The Kier molecular flexibility index (Phi) is 3.63. The number of halogens is 1. The first-order valence-corrected chi connectivity index (χ1v) is 7.59. The van der Waals surface area contributed by atoms with Gasteiger partial charge in [0.1, 0.15) is 11.7 Å². The van der Waals surface area contributed by atoms with Crippen LogP contribution in [0, 0.1) is 5.82 Å². The van der Waals surface area contributed by atoms with Crippen LogP contribution in [0.1, 0.15) is 29.3 Å². The number of carboxylic acid groups (broad SMARTS) is 1. The van der Waals surface area contributed by atoms with Crippen molar-refractivity contribution in [2.75, 3.05) is 11.9 Å². The van der Waals surface area contributed by atoms with E-state index in [9.17, 15) is 14.3 Å². The fraction of sp³-hybridized carbons (Fsp3) is 0.333. The van der Waals surface area contributed by atoms with Crippen LogP contribution >= 0.6 is 11.3 Å². The third kappa shape index (κ3) is 2.63. The van der Waals surface area contributed by atoms with E-state index in [1.807, 2.05) is 7.05 Å². The molecule has 0 aliphatic heterocycles. The molecule has 1 aliphatic carbocycles. The van der Waals surface area contributed by atoms with Gasteiger partial charge in [-0.25, -0.2) is 9.37 Å². The Morgan fingerprint density at radius 2 is 2.33 bits per heavy atom. The van der Waals surface area contributed by atoms with Crippen LogP contribution < -0.4 is 4.90 Å². The maximum Gasteiger partial charge on any atom is 0.312 e. The van der Waals surface area contributed by atoms with Gasteiger partial charge in [0.15, 0.2) is 5.13 Å². The van der Waals surface area contributed by atoms with Crippen LogP contribution in [0.2, 0.25) is 0 Å². The molecule has 1 atom stereocenters. The van der Waals surface area contributed by atoms with Gasteiger partial charge in [-0.3, -0.25) is 4.79 Å². The maximum absolute atomic E-state index is 13.3. The van der Waals surface area contributed by atoms with Gasteiger partial charge in [0.2, 0.25) is 0 Å². The number of thiazole rings is 1. The number of aromatic nitrogens is 1. The van der Waals surface area contributed by atoms with Gasteiger partial charge in [0.25, 0.3) is 0 Å². The van der Waals surface area contributed by atoms with Crippen molar-refractivity contribution < 1.29 is 14.3 Å². The number of aryl methyl sites for hydroxylation is 1. The number of hydrogen-bond donors (Lipinski definition) is 1. The van der Waals surface area contributed by atoms with Gasteiger partial charge in [-0.05, 0) is 37.5 Å². The predicted octanol–water partition coefficient (Wildman–Crippen LogP) is 3.55. The summed E-state index contributed by atoms with van der Waals surface area (Å²) in [5.74, 6) is -1.63. The molecule has 1 N–H and O–H groups in total. The van der Waals surface area contributed by atoms with Crippen molar-refractivity contribution in [3.63, 3.8) is 0 Å². The van der Waals surface area contributed by atoms with Crippen LogP contribution in [-0.4, -0.2) is 23.1 Å². The highest BCUT2D eigenvalue weighted by atomic mass is 32.1. The molecular weight excluding hydrogens is 291 g/mol. The van der Waals surface area contributed by atoms with Crippen molar-refractivity contribution in [1.82, 2.24) is 4.98 Å². The third-order valence-electron chi connectivity index (χ3n) is 3.72. The Morgan fingerprint density at radius 3 is 3.05 bits per heavy atom. The Balaban J connectivity index is 1.95. The third-order valence-corrected chi connectivity index (χ3v) is 4.93. The number of aliphatic carboxylic acids is 1. The van der Waals surface area contributed by atoms with Crippen molar-refractivity contribution in [2.24, 2.45) is 0 Å². The summed E-state index contributed by atoms with van der Waals surface area (Å²) >= 11 is 1.49. The topological polar surface area (TPSA) is 53.4 Å². The van der Waals surface area contributed by atoms with Crippen LogP contribution in [0.25, 0.3) is 0 Å². The van der Waals surface area contributed by atoms with Crippen LogP contribution in [0.15, 0.2) is 24.3 Å². The molecule has 0 fully saturated rings. The molecular formula is C15H15FN2O2S. The molecule has 1 unspecified atom stereocenters. The van der Waals surface area contributed by atoms with Crippen molar-refractivity contribution in [2.45, 2.75) is 25.2 Å². The van der Waals surface area contributed by atoms with E-state index in [2.05, 4.69) is 4.98 Å². The van der Waals surface area contributed by atoms with E-state index in [1.54, 1.807) is 17.0 Å². The summed E-state index contributed by atoms with van der Waals surface area (Å²) in [5.41, 5.74) is 1.38. The number of carboxylic acids is 1. The first-order chi connectivity index (χ1) is 10.1. The standard InChI is InChI=1S/C15H15FN2O2S/c1-18(10-5-2-4-9(16)8-10)15-17-13-11(14(19)20)6-3-7-12(13)21-15/h2,4-5,8,11H,3,6-7H2,1H3,(H,19,20). The lowest BCUT2D eigenvalue weighted by molar-refractivity contribution is -0.139. The molecule has 110 valence electrons. The second-order valence-electron chi connectivity index (χ2n) is 5.13. The molecule has 0 radical (unpaired) electrons. The smallest absolute Gasteiger partial charge is 0.312 e. The zero-order chi connectivity index (χ0) is 15.0. The number of anilines is 2. The van der Waals surface area contributed by atoms with Crippen molar-refractivity contribution in [3.8, 4) is 0 Å². The summed E-state index contributed by atoms with van der Waals surface area (Å²) in [7, 11) is 1.81. The molecule has 1 heterocycles. The molecule has 0 amide bonds. The second-order valence-corrected chi connectivity index (χ2v) is 6.19. The van der Waals surface area contributed by atoms with Gasteiger partial charge in [-0.2, -0.15) is 0 Å². The molecule has 3 rings (SSSR count). The van der Waals surface area contributed by atoms with Crippen LogP contribution in [0.3, 0.4) is 0 Å². The van der Waals surface area contributed by atoms with Crippen LogP contribution in [0.4, 0.5) is 15.2 Å². The molecule has 6 heteroatoms. The highest BCUT2D eigenvalue weighted by Gasteiger charge is 2.30. The average molecular weight is 306 g/mol. The number of carbonyl (C=O) groups is 1. The summed E-state index contributed by atoms with van der Waals surface area (Å²) in [6.45, 7) is 0. The van der Waals surface area contributed by atoms with Gasteiger partial charge in [0, 0.05) is 17.6 Å². The highest BCUT2D eigenvalue weighted by molar-refractivity contribution is 7.15. The first-order valence-electron chi connectivity index (χ1n) is 6.78. The van der Waals surface area contributed by atoms with E-state index in [-0.39, 0.29) is 5.82 Å². The maximum atomic E-state index is 13.3. The van der Waals surface area contributed by atoms with Gasteiger partial charge in [-0.15, -0.1) is 11.3 Å². The molecule has 2 aromatic rings. The fourth-order valence-electron chi connectivity index (χ4n) is 2.58. The van der Waals surface area contributed by atoms with Gasteiger partial charge < -0.3 is 10.0 Å². The first kappa shape index (κ1) is 14.0. The zero-order valence-corrected chi connectivity index (χ0v) is 12.4. The molecule has 1 aromatic heterocycles. The molecule has 1 aliphatic rings. The summed E-state index contributed by atoms with van der Waals surface area (Å²) in [6, 6.07) is 6.28. The summed E-state index contributed by atoms with van der Waals surface area (Å²) in [5, 5.41) is 9.99. The lowest BCUT2D eigenvalue weighted by Gasteiger charge is -2.16. The van der Waals surface area contributed by atoms with Crippen molar-refractivity contribution in [3.05, 3.63) is 40.7 Å². The van der Waals surface area contributed by atoms with Crippen molar-refractivity contribution >= 4 is 28.1 Å². The van der Waals surface area contributed by atoms with E-state index in [4.69, 9.17) is 0 Å². The Bertz CT molecular complexity index is 686. The number of benzene rings is 1. The molecule has 0 saturated carbocycles. The number of fused-ring (bicyclic) bond motifs is 1. The monoisotopic (exact) mass is 306 g/mol. The average Bonchev–Trinajstić information content (AvgIpc) is 2.89. The van der Waals surface area contributed by atoms with E-state index >= 15 is 0 Å². The molecule has 0 saturated heterocycles. The molecule has 0 bridgehead atoms. The van der Waals surface area contributed by atoms with Crippen molar-refractivity contribution in [1.29, 1.82) is 0 Å². The second kappa shape index (κ2) is 5.44. The predicted molar refractivity (Wildman–Crippen MR) is 79.9 cm³/mol. The normalized spacial score (nSPS) is 17.3. The lowest BCUT2D eigenvalue weighted by atomic mass is 9.91. The quantitative estimate of drug-likeness (QED) is 0.942. The largest absolute Gasteiger partial charge is 0.481 e. The zero-order valence-electron chi connectivity index (χ0n) is 11.5. The van der Waals surface area contributed by atoms with Crippen LogP contribution in [0.5, 0.6) is 0 Å². The summed E-state index contributed by atoms with van der Waals surface area (Å²) < 4.78 is 13.3. The fourth-order valence-corrected chi connectivity index (χ4v) is 3.73. The summed E-state index contributed by atoms with van der Waals surface area (Å²) in [6.07, 6.45) is 2.37. The van der Waals surface area contributed by atoms with Gasteiger partial charge >= 0.3 is 5.97 Å². The minimum Gasteiger partial charge on any atom is -0.481 e. The lowest BCUT2D eigenvalue weighted by Crippen LogP contribution is -2.17. The minimum atomic E-state index is -0.818. The van der Waals surface area contributed by atoms with Crippen LogP contribution in [-0.2, 0) is 11.2 Å². The Morgan fingerprint density at radius 1 is 1.52 bits per heavy atom. The van der Waals surface area contributed by atoms with E-state index in [0.717, 1.165) is 17.7 Å². The number of nitrogens with zero attached hydrogens (tertiary/aromatic N) is 2. The van der Waals surface area contributed by atoms with Gasteiger partial charge in [-0.1, -0.05) is 6.07 Å². The number of rotatable bonds is 3.